The van der Waals surface area contributed by atoms with Crippen molar-refractivity contribution in [3.63, 3.8) is 0 Å². The maximum Gasteiger partial charge on any atom is 0.228 e. The fourth-order valence-electron chi connectivity index (χ4n) is 2.33. The molecule has 1 atom stereocenters. The van der Waals surface area contributed by atoms with E-state index in [1.807, 2.05) is 4.90 Å². The van der Waals surface area contributed by atoms with Crippen LogP contribution in [-0.4, -0.2) is 45.9 Å². The lowest BCUT2D eigenvalue weighted by Gasteiger charge is -2.23. The molecule has 106 valence electrons. The molecule has 0 saturated carbocycles. The number of likely N-dealkylation sites (tertiary alicyclic amines) is 1. The van der Waals surface area contributed by atoms with Gasteiger partial charge in [-0.25, -0.2) is 4.98 Å². The van der Waals surface area contributed by atoms with Crippen LogP contribution in [0.5, 0.6) is 0 Å². The Morgan fingerprint density at radius 3 is 3.00 bits per heavy atom. The molecule has 1 aromatic rings. The van der Waals surface area contributed by atoms with Gasteiger partial charge in [0.25, 0.3) is 0 Å². The lowest BCUT2D eigenvalue weighted by atomic mass is 10.1. The summed E-state index contributed by atoms with van der Waals surface area (Å²) in [5.74, 6) is 0.771. The smallest absolute Gasteiger partial charge is 0.228 e. The molecule has 0 radical (unpaired) electrons. The van der Waals surface area contributed by atoms with Crippen molar-refractivity contribution in [2.24, 2.45) is 5.92 Å². The minimum absolute atomic E-state index is 0.146. The number of imidazole rings is 1. The van der Waals surface area contributed by atoms with Gasteiger partial charge in [-0.05, 0) is 33.1 Å². The molecule has 0 aromatic carbocycles. The van der Waals surface area contributed by atoms with Gasteiger partial charge in [-0.1, -0.05) is 0 Å². The molecule has 2 N–H and O–H groups in total. The first kappa shape index (κ1) is 14.1. The number of aromatic amines is 1. The van der Waals surface area contributed by atoms with Crippen LogP contribution in [0.2, 0.25) is 0 Å². The van der Waals surface area contributed by atoms with Crippen molar-refractivity contribution in [2.75, 3.05) is 19.6 Å². The SMILES string of the molecule is CC(C)(C)NCC1CCN(C(=O)Cc2cnc[nH]2)C1. The molecule has 1 aliphatic rings. The summed E-state index contributed by atoms with van der Waals surface area (Å²) in [7, 11) is 0. The third-order valence-electron chi connectivity index (χ3n) is 3.46. The molecule has 1 aromatic heterocycles. The molecule has 1 unspecified atom stereocenters. The summed E-state index contributed by atoms with van der Waals surface area (Å²) in [6.45, 7) is 9.24. The van der Waals surface area contributed by atoms with Crippen molar-refractivity contribution >= 4 is 5.91 Å². The lowest BCUT2D eigenvalue weighted by Crippen LogP contribution is -2.40. The van der Waals surface area contributed by atoms with Crippen molar-refractivity contribution in [1.29, 1.82) is 0 Å². The molecule has 0 spiro atoms. The zero-order valence-electron chi connectivity index (χ0n) is 12.1. The number of nitrogens with zero attached hydrogens (tertiary/aromatic N) is 2. The van der Waals surface area contributed by atoms with Gasteiger partial charge in [0.15, 0.2) is 0 Å². The van der Waals surface area contributed by atoms with Crippen LogP contribution in [0, 0.1) is 5.92 Å². The van der Waals surface area contributed by atoms with E-state index in [0.29, 0.717) is 12.3 Å². The van der Waals surface area contributed by atoms with Crippen LogP contribution >= 0.6 is 0 Å². The predicted octanol–water partition coefficient (Wildman–Crippen LogP) is 1.19. The Labute approximate surface area is 114 Å². The number of aromatic nitrogens is 2. The number of hydrogen-bond donors (Lipinski definition) is 2. The summed E-state index contributed by atoms with van der Waals surface area (Å²) in [5, 5.41) is 3.51. The predicted molar refractivity (Wildman–Crippen MR) is 74.7 cm³/mol. The molecular weight excluding hydrogens is 240 g/mol. The van der Waals surface area contributed by atoms with Crippen molar-refractivity contribution in [3.05, 3.63) is 18.2 Å². The fourth-order valence-corrected chi connectivity index (χ4v) is 2.33. The number of rotatable bonds is 4. The van der Waals surface area contributed by atoms with Crippen molar-refractivity contribution in [1.82, 2.24) is 20.2 Å². The zero-order chi connectivity index (χ0) is 13.9. The number of amides is 1. The maximum absolute atomic E-state index is 12.1. The second-order valence-corrected chi connectivity index (χ2v) is 6.38. The Balaban J connectivity index is 1.76. The Kier molecular flexibility index (Phi) is 4.24. The molecule has 1 fully saturated rings. The molecule has 2 rings (SSSR count). The van der Waals surface area contributed by atoms with Crippen LogP contribution in [0.25, 0.3) is 0 Å². The summed E-state index contributed by atoms with van der Waals surface area (Å²) in [5.41, 5.74) is 1.04. The topological polar surface area (TPSA) is 61.0 Å². The van der Waals surface area contributed by atoms with E-state index in [0.717, 1.165) is 31.7 Å². The van der Waals surface area contributed by atoms with Gasteiger partial charge in [-0.2, -0.15) is 0 Å². The normalized spacial score (nSPS) is 19.9. The van der Waals surface area contributed by atoms with E-state index in [1.165, 1.54) is 0 Å². The monoisotopic (exact) mass is 264 g/mol. The first-order valence-electron chi connectivity index (χ1n) is 6.94. The average molecular weight is 264 g/mol. The van der Waals surface area contributed by atoms with Crippen LogP contribution in [0.3, 0.4) is 0 Å². The van der Waals surface area contributed by atoms with Crippen molar-refractivity contribution < 1.29 is 4.79 Å². The largest absolute Gasteiger partial charge is 0.348 e. The van der Waals surface area contributed by atoms with E-state index < -0.39 is 0 Å². The highest BCUT2D eigenvalue weighted by molar-refractivity contribution is 5.78. The zero-order valence-corrected chi connectivity index (χ0v) is 12.1. The van der Waals surface area contributed by atoms with Crippen LogP contribution in [-0.2, 0) is 11.2 Å². The van der Waals surface area contributed by atoms with Crippen molar-refractivity contribution in [3.8, 4) is 0 Å². The molecule has 2 heterocycles. The van der Waals surface area contributed by atoms with E-state index in [9.17, 15) is 4.79 Å². The molecule has 0 bridgehead atoms. The molecule has 5 heteroatoms. The standard InChI is InChI=1S/C14H24N4O/c1-14(2,3)17-7-11-4-5-18(9-11)13(19)6-12-8-15-10-16-12/h8,10-11,17H,4-7,9H2,1-3H3,(H,15,16). The molecular formula is C14H24N4O. The van der Waals surface area contributed by atoms with Gasteiger partial charge in [-0.3, -0.25) is 4.79 Å². The number of carbonyl (C=O) groups is 1. The van der Waals surface area contributed by atoms with Gasteiger partial charge in [0.2, 0.25) is 5.91 Å². The molecule has 5 nitrogen and oxygen atoms in total. The molecule has 19 heavy (non-hydrogen) atoms. The summed E-state index contributed by atoms with van der Waals surface area (Å²) < 4.78 is 0. The van der Waals surface area contributed by atoms with Crippen LogP contribution < -0.4 is 5.32 Å². The minimum Gasteiger partial charge on any atom is -0.348 e. The van der Waals surface area contributed by atoms with E-state index in [-0.39, 0.29) is 11.4 Å². The van der Waals surface area contributed by atoms with Crippen LogP contribution in [0.1, 0.15) is 32.9 Å². The highest BCUT2D eigenvalue weighted by atomic mass is 16.2. The quantitative estimate of drug-likeness (QED) is 0.858. The number of hydrogen-bond acceptors (Lipinski definition) is 3. The first-order valence-corrected chi connectivity index (χ1v) is 6.94. The summed E-state index contributed by atoms with van der Waals surface area (Å²) in [6, 6.07) is 0. The van der Waals surface area contributed by atoms with Gasteiger partial charge in [0.1, 0.15) is 0 Å². The maximum atomic E-state index is 12.1. The van der Waals surface area contributed by atoms with E-state index in [4.69, 9.17) is 0 Å². The van der Waals surface area contributed by atoms with Gasteiger partial charge < -0.3 is 15.2 Å². The third kappa shape index (κ3) is 4.35. The number of carbonyl (C=O) groups excluding carboxylic acids is 1. The first-order chi connectivity index (χ1) is 8.94. The minimum atomic E-state index is 0.146. The summed E-state index contributed by atoms with van der Waals surface area (Å²) in [4.78, 5) is 21.0. The molecule has 1 amide bonds. The van der Waals surface area contributed by atoms with Gasteiger partial charge in [0.05, 0.1) is 12.7 Å². The lowest BCUT2D eigenvalue weighted by molar-refractivity contribution is -0.129. The van der Waals surface area contributed by atoms with E-state index in [2.05, 4.69) is 36.1 Å². The van der Waals surface area contributed by atoms with E-state index in [1.54, 1.807) is 12.5 Å². The number of nitrogens with one attached hydrogen (secondary N) is 2. The van der Waals surface area contributed by atoms with Gasteiger partial charge >= 0.3 is 0 Å². The van der Waals surface area contributed by atoms with Crippen LogP contribution in [0.4, 0.5) is 0 Å². The van der Waals surface area contributed by atoms with Gasteiger partial charge in [-0.15, -0.1) is 0 Å². The summed E-state index contributed by atoms with van der Waals surface area (Å²) >= 11 is 0. The second-order valence-electron chi connectivity index (χ2n) is 6.38. The number of H-pyrrole nitrogens is 1. The Bertz CT molecular complexity index is 408. The second kappa shape index (κ2) is 5.74. The highest BCUT2D eigenvalue weighted by Gasteiger charge is 2.27. The van der Waals surface area contributed by atoms with Crippen LogP contribution in [0.15, 0.2) is 12.5 Å². The molecule has 1 saturated heterocycles. The van der Waals surface area contributed by atoms with E-state index >= 15 is 0 Å². The average Bonchev–Trinajstić information content (AvgIpc) is 2.95. The fraction of sp³-hybridized carbons (Fsp3) is 0.714. The van der Waals surface area contributed by atoms with Gasteiger partial charge in [0, 0.05) is 37.1 Å². The Morgan fingerprint density at radius 2 is 2.37 bits per heavy atom. The highest BCUT2D eigenvalue weighted by Crippen LogP contribution is 2.17. The Hall–Kier alpha value is -1.36. The Morgan fingerprint density at radius 1 is 1.58 bits per heavy atom. The third-order valence-corrected chi connectivity index (χ3v) is 3.46. The molecule has 0 aliphatic carbocycles. The molecule has 1 aliphatic heterocycles. The van der Waals surface area contributed by atoms with Crippen molar-refractivity contribution in [2.45, 2.75) is 39.2 Å². The summed E-state index contributed by atoms with van der Waals surface area (Å²) in [6.07, 6.45) is 4.85.